The van der Waals surface area contributed by atoms with Crippen LogP contribution in [0.4, 0.5) is 0 Å². The molecule has 0 aliphatic heterocycles. The van der Waals surface area contributed by atoms with E-state index >= 15 is 0 Å². The van der Waals surface area contributed by atoms with Gasteiger partial charge in [0.15, 0.2) is 0 Å². The molecule has 1 rings (SSSR count). The van der Waals surface area contributed by atoms with Crippen molar-refractivity contribution in [3.05, 3.63) is 28.8 Å². The first-order valence-corrected chi connectivity index (χ1v) is 4.48. The molecular weight excluding hydrogens is 194 g/mol. The van der Waals surface area contributed by atoms with Crippen molar-refractivity contribution in [2.45, 2.75) is 13.3 Å². The summed E-state index contributed by atoms with van der Waals surface area (Å²) in [5.41, 5.74) is 1.11. The summed E-state index contributed by atoms with van der Waals surface area (Å²) in [6.45, 7) is 1.84. The van der Waals surface area contributed by atoms with Crippen LogP contribution in [-0.4, -0.2) is 18.2 Å². The first-order valence-electron chi connectivity index (χ1n) is 4.48. The average Bonchev–Trinajstić information content (AvgIpc) is 2.26. The lowest BCUT2D eigenvalue weighted by atomic mass is 10.0. The Morgan fingerprint density at radius 3 is 2.73 bits per heavy atom. The number of esters is 1. The van der Waals surface area contributed by atoms with E-state index in [9.17, 15) is 9.90 Å². The van der Waals surface area contributed by atoms with Gasteiger partial charge in [0.25, 0.3) is 0 Å². The van der Waals surface area contributed by atoms with E-state index in [1.54, 1.807) is 6.07 Å². The zero-order chi connectivity index (χ0) is 11.4. The first-order chi connectivity index (χ1) is 7.13. The number of benzene rings is 1. The smallest absolute Gasteiger partial charge is 0.337 e. The van der Waals surface area contributed by atoms with Gasteiger partial charge in [0.05, 0.1) is 18.2 Å². The molecule has 0 amide bonds. The van der Waals surface area contributed by atoms with Crippen LogP contribution in [0.1, 0.15) is 28.4 Å². The lowest BCUT2D eigenvalue weighted by Gasteiger charge is -2.06. The summed E-state index contributed by atoms with van der Waals surface area (Å²) in [6.07, 6.45) is 0.571. The van der Waals surface area contributed by atoms with E-state index in [1.807, 2.05) is 13.0 Å². The number of rotatable bonds is 2. The number of carbonyl (C=O) groups excluding carboxylic acids is 1. The van der Waals surface area contributed by atoms with Crippen LogP contribution < -0.4 is 0 Å². The van der Waals surface area contributed by atoms with Gasteiger partial charge in [-0.3, -0.25) is 0 Å². The third-order valence-electron chi connectivity index (χ3n) is 2.11. The Balaban J connectivity index is 3.33. The number of hydrogen-bond acceptors (Lipinski definition) is 4. The predicted octanol–water partition coefficient (Wildman–Crippen LogP) is 1.61. The molecule has 1 aromatic rings. The maximum atomic E-state index is 11.2. The summed E-state index contributed by atoms with van der Waals surface area (Å²) in [5, 5.41) is 18.3. The second-order valence-corrected chi connectivity index (χ2v) is 2.99. The first kappa shape index (κ1) is 11.1. The molecule has 0 aromatic heterocycles. The van der Waals surface area contributed by atoms with Crippen molar-refractivity contribution in [1.29, 1.82) is 5.26 Å². The molecule has 78 valence electrons. The van der Waals surface area contributed by atoms with Gasteiger partial charge in [0.2, 0.25) is 0 Å². The third kappa shape index (κ3) is 2.08. The monoisotopic (exact) mass is 205 g/mol. The number of hydrogen-bond donors (Lipinski definition) is 1. The van der Waals surface area contributed by atoms with Gasteiger partial charge < -0.3 is 9.84 Å². The highest BCUT2D eigenvalue weighted by molar-refractivity contribution is 5.90. The molecule has 0 fully saturated rings. The van der Waals surface area contributed by atoms with E-state index in [1.165, 1.54) is 13.2 Å². The van der Waals surface area contributed by atoms with Gasteiger partial charge in [-0.05, 0) is 24.1 Å². The number of aromatic hydroxyl groups is 1. The van der Waals surface area contributed by atoms with Crippen molar-refractivity contribution in [2.24, 2.45) is 0 Å². The Bertz CT molecular complexity index is 432. The van der Waals surface area contributed by atoms with Crippen molar-refractivity contribution >= 4 is 5.97 Å². The minimum atomic E-state index is -0.524. The molecule has 0 heterocycles. The molecule has 1 aromatic carbocycles. The SMILES string of the molecule is CCc1cc(C(=O)OC)cc(O)c1C#N. The molecule has 1 N–H and O–H groups in total. The van der Waals surface area contributed by atoms with Gasteiger partial charge in [-0.15, -0.1) is 0 Å². The Hall–Kier alpha value is -2.02. The van der Waals surface area contributed by atoms with Gasteiger partial charge in [-0.2, -0.15) is 5.26 Å². The molecule has 0 saturated carbocycles. The van der Waals surface area contributed by atoms with E-state index in [0.29, 0.717) is 12.0 Å². The fourth-order valence-corrected chi connectivity index (χ4v) is 1.33. The third-order valence-corrected chi connectivity index (χ3v) is 2.11. The number of ether oxygens (including phenoxy) is 1. The number of nitrogens with zero attached hydrogens (tertiary/aromatic N) is 1. The Labute approximate surface area is 87.7 Å². The fraction of sp³-hybridized carbons (Fsp3) is 0.273. The minimum Gasteiger partial charge on any atom is -0.507 e. The van der Waals surface area contributed by atoms with Crippen molar-refractivity contribution < 1.29 is 14.6 Å². The van der Waals surface area contributed by atoms with Crippen molar-refractivity contribution in [3.63, 3.8) is 0 Å². The number of phenolic OH excluding ortho intramolecular Hbond substituents is 1. The lowest BCUT2D eigenvalue weighted by Crippen LogP contribution is -2.03. The fourth-order valence-electron chi connectivity index (χ4n) is 1.33. The topological polar surface area (TPSA) is 70.3 Å². The highest BCUT2D eigenvalue weighted by Crippen LogP contribution is 2.23. The number of carbonyl (C=O) groups is 1. The van der Waals surface area contributed by atoms with Crippen molar-refractivity contribution in [3.8, 4) is 11.8 Å². The number of methoxy groups -OCH3 is 1. The molecule has 4 heteroatoms. The summed E-state index contributed by atoms with van der Waals surface area (Å²) in [7, 11) is 1.27. The standard InChI is InChI=1S/C11H11NO3/c1-3-7-4-8(11(14)15-2)5-10(13)9(7)6-12/h4-5,13H,3H2,1-2H3. The molecule has 0 radical (unpaired) electrons. The highest BCUT2D eigenvalue weighted by atomic mass is 16.5. The van der Waals surface area contributed by atoms with E-state index in [2.05, 4.69) is 4.74 Å². The molecule has 4 nitrogen and oxygen atoms in total. The molecule has 0 aliphatic carbocycles. The van der Waals surface area contributed by atoms with Crippen LogP contribution in [0.5, 0.6) is 5.75 Å². The zero-order valence-corrected chi connectivity index (χ0v) is 8.57. The van der Waals surface area contributed by atoms with E-state index in [0.717, 1.165) is 0 Å². The number of phenols is 1. The average molecular weight is 205 g/mol. The molecule has 0 aliphatic rings. The van der Waals surface area contributed by atoms with E-state index in [4.69, 9.17) is 5.26 Å². The van der Waals surface area contributed by atoms with Gasteiger partial charge in [-0.25, -0.2) is 4.79 Å². The Morgan fingerprint density at radius 2 is 2.27 bits per heavy atom. The van der Waals surface area contributed by atoms with Crippen LogP contribution in [0, 0.1) is 11.3 Å². The molecule has 0 unspecified atom stereocenters. The maximum absolute atomic E-state index is 11.2. The second kappa shape index (κ2) is 4.47. The van der Waals surface area contributed by atoms with E-state index in [-0.39, 0.29) is 16.9 Å². The van der Waals surface area contributed by atoms with Gasteiger partial charge >= 0.3 is 5.97 Å². The van der Waals surface area contributed by atoms with Crippen LogP contribution in [-0.2, 0) is 11.2 Å². The summed E-state index contributed by atoms with van der Waals surface area (Å²) < 4.78 is 4.53. The van der Waals surface area contributed by atoms with Gasteiger partial charge in [0, 0.05) is 0 Å². The minimum absolute atomic E-state index is 0.183. The lowest BCUT2D eigenvalue weighted by molar-refractivity contribution is 0.0600. The summed E-state index contributed by atoms with van der Waals surface area (Å²) >= 11 is 0. The second-order valence-electron chi connectivity index (χ2n) is 2.99. The molecular formula is C11H11NO3. The molecule has 0 saturated heterocycles. The Morgan fingerprint density at radius 1 is 1.60 bits per heavy atom. The van der Waals surface area contributed by atoms with Gasteiger partial charge in [0.1, 0.15) is 11.8 Å². The molecule has 15 heavy (non-hydrogen) atoms. The molecule has 0 bridgehead atoms. The predicted molar refractivity (Wildman–Crippen MR) is 53.5 cm³/mol. The summed E-state index contributed by atoms with van der Waals surface area (Å²) in [6, 6.07) is 4.70. The van der Waals surface area contributed by atoms with Crippen LogP contribution >= 0.6 is 0 Å². The molecule has 0 atom stereocenters. The highest BCUT2D eigenvalue weighted by Gasteiger charge is 2.13. The summed E-state index contributed by atoms with van der Waals surface area (Å²) in [5.74, 6) is -0.707. The van der Waals surface area contributed by atoms with Crippen LogP contribution in [0.25, 0.3) is 0 Å². The van der Waals surface area contributed by atoms with Crippen LogP contribution in [0.2, 0.25) is 0 Å². The van der Waals surface area contributed by atoms with Crippen molar-refractivity contribution in [2.75, 3.05) is 7.11 Å². The van der Waals surface area contributed by atoms with Crippen molar-refractivity contribution in [1.82, 2.24) is 0 Å². The van der Waals surface area contributed by atoms with Crippen LogP contribution in [0.15, 0.2) is 12.1 Å². The normalized spacial score (nSPS) is 9.40. The maximum Gasteiger partial charge on any atom is 0.337 e. The molecule has 0 spiro atoms. The quantitative estimate of drug-likeness (QED) is 0.744. The van der Waals surface area contributed by atoms with Crippen LogP contribution in [0.3, 0.4) is 0 Å². The van der Waals surface area contributed by atoms with Gasteiger partial charge in [-0.1, -0.05) is 6.92 Å². The summed E-state index contributed by atoms with van der Waals surface area (Å²) in [4.78, 5) is 11.2. The van der Waals surface area contributed by atoms with E-state index < -0.39 is 5.97 Å². The Kier molecular flexibility index (Phi) is 3.29. The number of aryl methyl sites for hydroxylation is 1. The largest absolute Gasteiger partial charge is 0.507 e. The zero-order valence-electron chi connectivity index (χ0n) is 8.57. The number of nitriles is 1.